The first-order chi connectivity index (χ1) is 5.54. The summed E-state index contributed by atoms with van der Waals surface area (Å²) in [5.41, 5.74) is 0. The molecule has 0 saturated carbocycles. The molecule has 0 unspecified atom stereocenters. The largest absolute Gasteiger partial charge is 0.394 e. The van der Waals surface area contributed by atoms with E-state index in [1.54, 1.807) is 0 Å². The van der Waals surface area contributed by atoms with Gasteiger partial charge in [0.15, 0.2) is 0 Å². The third kappa shape index (κ3) is 3.02. The molecule has 0 fully saturated rings. The zero-order chi connectivity index (χ0) is 9.72. The average molecular weight is 188 g/mol. The molecule has 0 bridgehead atoms. The molecule has 6 nitrogen and oxygen atoms in total. The van der Waals surface area contributed by atoms with Gasteiger partial charge in [-0.25, -0.2) is 0 Å². The van der Waals surface area contributed by atoms with Crippen LogP contribution in [0.25, 0.3) is 0 Å². The minimum Gasteiger partial charge on any atom is -0.394 e. The second-order valence-electron chi connectivity index (χ2n) is 2.48. The molecule has 0 aliphatic rings. The molecule has 0 saturated heterocycles. The molecule has 0 rings (SSSR count). The monoisotopic (exact) mass is 188 g/mol. The molecule has 4 atom stereocenters. The standard InChI is InChI=1S/C6H14O6/c7-1-3(9)5(11)6(12)4(10)2-8/h3-12H,1-2H2/t3-,4+,5-,6-/m1/s1/i1+1,2+1,3+1,4+1,5+1,6+1. The van der Waals surface area contributed by atoms with Crippen molar-refractivity contribution >= 4 is 0 Å². The molecule has 0 aliphatic heterocycles. The molecule has 12 heavy (non-hydrogen) atoms. The Hall–Kier alpha value is -0.240. The van der Waals surface area contributed by atoms with Crippen LogP contribution in [0.2, 0.25) is 0 Å². The topological polar surface area (TPSA) is 121 Å². The van der Waals surface area contributed by atoms with Gasteiger partial charge in [-0.3, -0.25) is 0 Å². The van der Waals surface area contributed by atoms with E-state index < -0.39 is 37.6 Å². The summed E-state index contributed by atoms with van der Waals surface area (Å²) < 4.78 is 0. The van der Waals surface area contributed by atoms with E-state index in [0.29, 0.717) is 0 Å². The van der Waals surface area contributed by atoms with E-state index in [1.165, 1.54) is 0 Å². The normalized spacial score (nSPS) is 21.5. The first-order valence-corrected chi connectivity index (χ1v) is 3.48. The molecule has 74 valence electrons. The highest BCUT2D eigenvalue weighted by Crippen LogP contribution is 2.03. The molecular formula is C6H14O6. The summed E-state index contributed by atoms with van der Waals surface area (Å²) in [5, 5.41) is 52.2. The number of hydrogen-bond donors (Lipinski definition) is 6. The summed E-state index contributed by atoms with van der Waals surface area (Å²) in [4.78, 5) is 0. The lowest BCUT2D eigenvalue weighted by molar-refractivity contribution is -0.123. The van der Waals surface area contributed by atoms with Crippen LogP contribution in [0.3, 0.4) is 0 Å². The highest BCUT2D eigenvalue weighted by molar-refractivity contribution is 4.79. The van der Waals surface area contributed by atoms with Crippen LogP contribution >= 0.6 is 0 Å². The van der Waals surface area contributed by atoms with E-state index in [4.69, 9.17) is 30.6 Å². The predicted molar refractivity (Wildman–Crippen MR) is 38.2 cm³/mol. The molecule has 0 amide bonds. The van der Waals surface area contributed by atoms with E-state index in [2.05, 4.69) is 0 Å². The fraction of sp³-hybridized carbons (Fsp3) is 1.00. The highest BCUT2D eigenvalue weighted by Gasteiger charge is 2.29. The lowest BCUT2D eigenvalue weighted by Gasteiger charge is -2.24. The number of rotatable bonds is 5. The Labute approximate surface area is 69.3 Å². The van der Waals surface area contributed by atoms with Crippen molar-refractivity contribution in [2.45, 2.75) is 24.4 Å². The summed E-state index contributed by atoms with van der Waals surface area (Å²) in [5.74, 6) is 0. The molecule has 0 radical (unpaired) electrons. The van der Waals surface area contributed by atoms with Crippen LogP contribution in [0.1, 0.15) is 0 Å². The fourth-order valence-electron chi connectivity index (χ4n) is 0.671. The first-order valence-electron chi connectivity index (χ1n) is 3.48. The Morgan fingerprint density at radius 2 is 0.917 bits per heavy atom. The van der Waals surface area contributed by atoms with Crippen LogP contribution in [-0.4, -0.2) is 68.3 Å². The van der Waals surface area contributed by atoms with Crippen molar-refractivity contribution in [3.8, 4) is 0 Å². The molecule has 0 aliphatic carbocycles. The lowest BCUT2D eigenvalue weighted by Crippen LogP contribution is -2.46. The van der Waals surface area contributed by atoms with Crippen LogP contribution in [-0.2, 0) is 0 Å². The van der Waals surface area contributed by atoms with E-state index in [9.17, 15) is 0 Å². The van der Waals surface area contributed by atoms with Gasteiger partial charge in [0.25, 0.3) is 0 Å². The van der Waals surface area contributed by atoms with Gasteiger partial charge in [-0.05, 0) is 0 Å². The van der Waals surface area contributed by atoms with Gasteiger partial charge in [-0.2, -0.15) is 0 Å². The summed E-state index contributed by atoms with van der Waals surface area (Å²) in [6.45, 7) is -1.45. The minimum absolute atomic E-state index is 0.726. The average Bonchev–Trinajstić information content (AvgIpc) is 2.12. The van der Waals surface area contributed by atoms with Gasteiger partial charge in [0.05, 0.1) is 13.2 Å². The fourth-order valence-corrected chi connectivity index (χ4v) is 0.671. The molecule has 6 heteroatoms. The van der Waals surface area contributed by atoms with Gasteiger partial charge in [-0.1, -0.05) is 0 Å². The third-order valence-electron chi connectivity index (χ3n) is 1.51. The van der Waals surface area contributed by atoms with E-state index >= 15 is 0 Å². The molecule has 0 spiro atoms. The van der Waals surface area contributed by atoms with Gasteiger partial charge in [0.2, 0.25) is 0 Å². The van der Waals surface area contributed by atoms with Gasteiger partial charge in [0.1, 0.15) is 24.4 Å². The summed E-state index contributed by atoms with van der Waals surface area (Å²) in [6, 6.07) is 0. The Morgan fingerprint density at radius 3 is 1.08 bits per heavy atom. The smallest absolute Gasteiger partial charge is 0.111 e. The van der Waals surface area contributed by atoms with Crippen LogP contribution < -0.4 is 0 Å². The maximum absolute atomic E-state index is 8.96. The molecule has 0 heterocycles. The summed E-state index contributed by atoms with van der Waals surface area (Å²) in [7, 11) is 0. The quantitative estimate of drug-likeness (QED) is 0.248. The molecule has 0 aromatic rings. The molecular weight excluding hydrogens is 174 g/mol. The van der Waals surface area contributed by atoms with Gasteiger partial charge >= 0.3 is 0 Å². The zero-order valence-electron chi connectivity index (χ0n) is 6.41. The second-order valence-corrected chi connectivity index (χ2v) is 2.48. The van der Waals surface area contributed by atoms with Crippen molar-refractivity contribution in [2.24, 2.45) is 0 Å². The van der Waals surface area contributed by atoms with Crippen molar-refractivity contribution in [1.29, 1.82) is 0 Å². The minimum atomic E-state index is -1.67. The number of hydrogen-bond acceptors (Lipinski definition) is 6. The third-order valence-corrected chi connectivity index (χ3v) is 1.51. The lowest BCUT2D eigenvalue weighted by atomic mass is 11.0. The Morgan fingerprint density at radius 1 is 0.667 bits per heavy atom. The van der Waals surface area contributed by atoms with Crippen molar-refractivity contribution in [2.75, 3.05) is 13.2 Å². The first kappa shape index (κ1) is 11.8. The van der Waals surface area contributed by atoms with Gasteiger partial charge in [-0.15, -0.1) is 0 Å². The van der Waals surface area contributed by atoms with Gasteiger partial charge in [0, 0.05) is 0 Å². The number of aliphatic hydroxyl groups excluding tert-OH is 6. The SMILES string of the molecule is O[13CH2][13C@@H](O)[13C@@H](O)[13C@H](O)[13C@@H](O)[13CH2]O. The van der Waals surface area contributed by atoms with E-state index in [-0.39, 0.29) is 0 Å². The van der Waals surface area contributed by atoms with Crippen molar-refractivity contribution in [3.63, 3.8) is 0 Å². The summed E-state index contributed by atoms with van der Waals surface area (Å²) >= 11 is 0. The van der Waals surface area contributed by atoms with Crippen LogP contribution in [0, 0.1) is 0 Å². The molecule has 0 aromatic carbocycles. The van der Waals surface area contributed by atoms with Crippen LogP contribution in [0.5, 0.6) is 0 Å². The summed E-state index contributed by atoms with van der Waals surface area (Å²) in [6.07, 6.45) is -6.39. The molecule has 6 N–H and O–H groups in total. The second kappa shape index (κ2) is 5.41. The van der Waals surface area contributed by atoms with E-state index in [0.717, 1.165) is 0 Å². The van der Waals surface area contributed by atoms with Crippen molar-refractivity contribution in [1.82, 2.24) is 0 Å². The highest BCUT2D eigenvalue weighted by atomic mass is 16.6. The Kier molecular flexibility index (Phi) is 5.31. The van der Waals surface area contributed by atoms with Crippen LogP contribution in [0.4, 0.5) is 0 Å². The van der Waals surface area contributed by atoms with Crippen molar-refractivity contribution < 1.29 is 30.6 Å². The Balaban J connectivity index is 3.99. The Bertz CT molecular complexity index is 105. The predicted octanol–water partition coefficient (Wildman–Crippen LogP) is -3.59. The van der Waals surface area contributed by atoms with Crippen LogP contribution in [0.15, 0.2) is 0 Å². The number of aliphatic hydroxyl groups is 6. The van der Waals surface area contributed by atoms with Crippen molar-refractivity contribution in [3.05, 3.63) is 0 Å². The zero-order valence-corrected chi connectivity index (χ0v) is 6.41. The maximum Gasteiger partial charge on any atom is 0.111 e. The van der Waals surface area contributed by atoms with E-state index in [1.807, 2.05) is 0 Å². The van der Waals surface area contributed by atoms with Gasteiger partial charge < -0.3 is 30.6 Å². The maximum atomic E-state index is 8.96. The molecule has 0 aromatic heterocycles.